The minimum atomic E-state index is -0.282. The number of aromatic nitrogens is 3. The molecule has 0 bridgehead atoms. The van der Waals surface area contributed by atoms with Crippen LogP contribution >= 0.6 is 11.8 Å². The van der Waals surface area contributed by atoms with Gasteiger partial charge in [0, 0.05) is 16.8 Å². The Balaban J connectivity index is 1.51. The third-order valence-electron chi connectivity index (χ3n) is 4.90. The molecule has 0 spiro atoms. The van der Waals surface area contributed by atoms with Gasteiger partial charge in [0.2, 0.25) is 0 Å². The molecular formula is C25H23N5O2S. The van der Waals surface area contributed by atoms with Gasteiger partial charge in [-0.25, -0.2) is 5.43 Å². The molecule has 0 aliphatic carbocycles. The molecule has 0 aliphatic heterocycles. The van der Waals surface area contributed by atoms with E-state index >= 15 is 0 Å². The molecule has 0 unspecified atom stereocenters. The zero-order valence-corrected chi connectivity index (χ0v) is 19.1. The van der Waals surface area contributed by atoms with Gasteiger partial charge in [-0.15, -0.1) is 10.2 Å². The molecule has 3 aromatic carbocycles. The van der Waals surface area contributed by atoms with E-state index in [1.165, 1.54) is 11.8 Å². The number of hydrogen-bond acceptors (Lipinski definition) is 6. The maximum Gasteiger partial charge on any atom is 0.250 e. The summed E-state index contributed by atoms with van der Waals surface area (Å²) in [5.41, 5.74) is 6.50. The number of aryl methyl sites for hydroxylation is 1. The van der Waals surface area contributed by atoms with E-state index in [1.54, 1.807) is 13.0 Å². The second-order valence-electron chi connectivity index (χ2n) is 7.38. The molecule has 0 aliphatic rings. The number of para-hydroxylation sites is 1. The predicted molar refractivity (Wildman–Crippen MR) is 131 cm³/mol. The number of thioether (sulfide) groups is 1. The molecule has 0 radical (unpaired) electrons. The molecule has 33 heavy (non-hydrogen) atoms. The van der Waals surface area contributed by atoms with Gasteiger partial charge in [-0.2, -0.15) is 5.10 Å². The van der Waals surface area contributed by atoms with Crippen molar-refractivity contribution in [2.24, 2.45) is 5.10 Å². The van der Waals surface area contributed by atoms with Crippen LogP contribution < -0.4 is 5.43 Å². The van der Waals surface area contributed by atoms with E-state index in [1.807, 2.05) is 84.3 Å². The topological polar surface area (TPSA) is 92.4 Å². The number of amides is 1. The number of hydrogen-bond donors (Lipinski definition) is 2. The zero-order chi connectivity index (χ0) is 23.2. The van der Waals surface area contributed by atoms with Crippen molar-refractivity contribution >= 4 is 23.4 Å². The van der Waals surface area contributed by atoms with Crippen LogP contribution in [0.1, 0.15) is 18.1 Å². The highest BCUT2D eigenvalue weighted by molar-refractivity contribution is 7.99. The van der Waals surface area contributed by atoms with Gasteiger partial charge in [-0.05, 0) is 38.1 Å². The molecule has 0 fully saturated rings. The van der Waals surface area contributed by atoms with Crippen LogP contribution in [-0.4, -0.2) is 37.2 Å². The Hall–Kier alpha value is -3.91. The summed E-state index contributed by atoms with van der Waals surface area (Å²) >= 11 is 1.28. The highest BCUT2D eigenvalue weighted by Crippen LogP contribution is 2.27. The van der Waals surface area contributed by atoms with Gasteiger partial charge >= 0.3 is 0 Å². The lowest BCUT2D eigenvalue weighted by Crippen LogP contribution is -2.21. The quantitative estimate of drug-likeness (QED) is 0.241. The predicted octanol–water partition coefficient (Wildman–Crippen LogP) is 4.58. The van der Waals surface area contributed by atoms with E-state index in [0.717, 1.165) is 16.8 Å². The van der Waals surface area contributed by atoms with E-state index in [-0.39, 0.29) is 17.4 Å². The van der Waals surface area contributed by atoms with E-state index in [4.69, 9.17) is 0 Å². The Morgan fingerprint density at radius 1 is 1.03 bits per heavy atom. The van der Waals surface area contributed by atoms with Crippen molar-refractivity contribution < 1.29 is 9.90 Å². The molecule has 7 nitrogen and oxygen atoms in total. The smallest absolute Gasteiger partial charge is 0.250 e. The number of phenolic OH excluding ortho intramolecular Hbond substituents is 1. The molecule has 166 valence electrons. The number of rotatable bonds is 7. The lowest BCUT2D eigenvalue weighted by molar-refractivity contribution is -0.118. The van der Waals surface area contributed by atoms with Crippen molar-refractivity contribution in [2.75, 3.05) is 5.75 Å². The van der Waals surface area contributed by atoms with Crippen molar-refractivity contribution in [1.82, 2.24) is 20.2 Å². The largest absolute Gasteiger partial charge is 0.507 e. The third-order valence-corrected chi connectivity index (χ3v) is 5.83. The summed E-state index contributed by atoms with van der Waals surface area (Å²) in [6.45, 7) is 3.66. The molecule has 4 rings (SSSR count). The Kier molecular flexibility index (Phi) is 6.85. The lowest BCUT2D eigenvalue weighted by Gasteiger charge is -2.10. The standard InChI is InChI=1S/C25H23N5O2S/c1-17-13-14-22(31)21(15-17)18(2)26-27-23(32)16-33-25-29-28-24(19-9-5-3-6-10-19)30(25)20-11-7-4-8-12-20/h3-15,31H,16H2,1-2H3,(H,27,32)/b26-18+. The van der Waals surface area contributed by atoms with E-state index < -0.39 is 0 Å². The maximum absolute atomic E-state index is 12.5. The minimum absolute atomic E-state index is 0.107. The van der Waals surface area contributed by atoms with Gasteiger partial charge in [0.15, 0.2) is 11.0 Å². The monoisotopic (exact) mass is 457 g/mol. The first-order valence-corrected chi connectivity index (χ1v) is 11.3. The number of aromatic hydroxyl groups is 1. The Morgan fingerprint density at radius 2 is 1.73 bits per heavy atom. The van der Waals surface area contributed by atoms with Crippen molar-refractivity contribution in [3.05, 3.63) is 90.0 Å². The average Bonchev–Trinajstić information content (AvgIpc) is 3.28. The fourth-order valence-corrected chi connectivity index (χ4v) is 4.00. The summed E-state index contributed by atoms with van der Waals surface area (Å²) in [5, 5.41) is 23.5. The Morgan fingerprint density at radius 3 is 2.45 bits per heavy atom. The maximum atomic E-state index is 12.5. The minimum Gasteiger partial charge on any atom is -0.507 e. The molecule has 1 heterocycles. The molecule has 2 N–H and O–H groups in total. The summed E-state index contributed by atoms with van der Waals surface area (Å²) < 4.78 is 1.94. The van der Waals surface area contributed by atoms with E-state index in [2.05, 4.69) is 20.7 Å². The Bertz CT molecular complexity index is 1290. The van der Waals surface area contributed by atoms with Gasteiger partial charge in [0.25, 0.3) is 5.91 Å². The number of hydrazone groups is 1. The first-order chi connectivity index (χ1) is 16.0. The highest BCUT2D eigenvalue weighted by Gasteiger charge is 2.17. The SMILES string of the molecule is C/C(=N\NC(=O)CSc1nnc(-c2ccccc2)n1-c1ccccc1)c1cc(C)ccc1O. The Labute approximate surface area is 196 Å². The van der Waals surface area contributed by atoms with Crippen LogP contribution in [-0.2, 0) is 4.79 Å². The van der Waals surface area contributed by atoms with Crippen molar-refractivity contribution in [3.63, 3.8) is 0 Å². The van der Waals surface area contributed by atoms with E-state index in [0.29, 0.717) is 22.3 Å². The number of carbonyl (C=O) groups is 1. The number of nitrogens with one attached hydrogen (secondary N) is 1. The van der Waals surface area contributed by atoms with E-state index in [9.17, 15) is 9.90 Å². The van der Waals surface area contributed by atoms with Crippen LogP contribution in [0.2, 0.25) is 0 Å². The van der Waals surface area contributed by atoms with Crippen LogP contribution in [0.3, 0.4) is 0 Å². The van der Waals surface area contributed by atoms with Crippen LogP contribution in [0.25, 0.3) is 17.1 Å². The average molecular weight is 458 g/mol. The van der Waals surface area contributed by atoms with Gasteiger partial charge in [0.05, 0.1) is 11.5 Å². The fraction of sp³-hybridized carbons (Fsp3) is 0.120. The molecule has 1 aromatic heterocycles. The molecule has 0 atom stereocenters. The van der Waals surface area contributed by atoms with Crippen molar-refractivity contribution in [3.8, 4) is 22.8 Å². The molecule has 0 saturated heterocycles. The zero-order valence-electron chi connectivity index (χ0n) is 18.3. The summed E-state index contributed by atoms with van der Waals surface area (Å²) in [4.78, 5) is 12.5. The molecule has 0 saturated carbocycles. The number of nitrogens with zero attached hydrogens (tertiary/aromatic N) is 4. The van der Waals surface area contributed by atoms with Crippen LogP contribution in [0.15, 0.2) is 89.1 Å². The highest BCUT2D eigenvalue weighted by atomic mass is 32.2. The first kappa shape index (κ1) is 22.3. The summed E-state index contributed by atoms with van der Waals surface area (Å²) in [5.74, 6) is 0.648. The summed E-state index contributed by atoms with van der Waals surface area (Å²) in [6, 6.07) is 24.8. The number of phenols is 1. The van der Waals surface area contributed by atoms with Crippen LogP contribution in [0.4, 0.5) is 0 Å². The normalized spacial score (nSPS) is 11.4. The summed E-state index contributed by atoms with van der Waals surface area (Å²) in [7, 11) is 0. The van der Waals surface area contributed by atoms with Crippen molar-refractivity contribution in [1.29, 1.82) is 0 Å². The lowest BCUT2D eigenvalue weighted by atomic mass is 10.1. The number of carbonyl (C=O) groups excluding carboxylic acids is 1. The summed E-state index contributed by atoms with van der Waals surface area (Å²) in [6.07, 6.45) is 0. The van der Waals surface area contributed by atoms with Crippen LogP contribution in [0.5, 0.6) is 5.75 Å². The van der Waals surface area contributed by atoms with Gasteiger partial charge < -0.3 is 5.11 Å². The van der Waals surface area contributed by atoms with Crippen molar-refractivity contribution in [2.45, 2.75) is 19.0 Å². The second-order valence-corrected chi connectivity index (χ2v) is 8.33. The third kappa shape index (κ3) is 5.30. The van der Waals surface area contributed by atoms with Gasteiger partial charge in [-0.1, -0.05) is 71.9 Å². The van der Waals surface area contributed by atoms with Crippen LogP contribution in [0, 0.1) is 6.92 Å². The first-order valence-electron chi connectivity index (χ1n) is 10.3. The molecule has 4 aromatic rings. The van der Waals surface area contributed by atoms with Gasteiger partial charge in [-0.3, -0.25) is 9.36 Å². The molecule has 8 heteroatoms. The molecular weight excluding hydrogens is 434 g/mol. The van der Waals surface area contributed by atoms with Gasteiger partial charge in [0.1, 0.15) is 5.75 Å². The fourth-order valence-electron chi connectivity index (χ4n) is 3.26. The molecule has 1 amide bonds. The second kappa shape index (κ2) is 10.1. The number of benzene rings is 3.